The van der Waals surface area contributed by atoms with Crippen LogP contribution in [0.5, 0.6) is 0 Å². The number of halogens is 1. The number of thiophene rings is 2. The number of nitrogens with one attached hydrogen (secondary N) is 1. The largest absolute Gasteiger partial charge is 0.386 e. The standard InChI is InChI=1S/C17H14FNO2S2/c18-13-4-2-1-3-12(13)17(21)19-9-14(20)16-6-5-15(23-16)11-7-8-22-10-11/h1-8,10,14,20H,9H2,(H,19,21)/t14-/m1/s1. The van der Waals surface area contributed by atoms with Crippen molar-refractivity contribution in [3.05, 3.63) is 69.5 Å². The Bertz CT molecular complexity index is 799. The van der Waals surface area contributed by atoms with Crippen LogP contribution in [0.1, 0.15) is 21.3 Å². The van der Waals surface area contributed by atoms with Gasteiger partial charge in [0.25, 0.3) is 5.91 Å². The van der Waals surface area contributed by atoms with Crippen LogP contribution in [0, 0.1) is 5.82 Å². The van der Waals surface area contributed by atoms with E-state index in [4.69, 9.17) is 0 Å². The molecule has 0 radical (unpaired) electrons. The van der Waals surface area contributed by atoms with Crippen LogP contribution in [-0.2, 0) is 0 Å². The Kier molecular flexibility index (Phi) is 4.85. The molecule has 0 unspecified atom stereocenters. The lowest BCUT2D eigenvalue weighted by Gasteiger charge is -2.10. The van der Waals surface area contributed by atoms with E-state index < -0.39 is 17.8 Å². The number of aliphatic hydroxyl groups excluding tert-OH is 1. The quantitative estimate of drug-likeness (QED) is 0.731. The zero-order valence-electron chi connectivity index (χ0n) is 12.0. The van der Waals surface area contributed by atoms with Gasteiger partial charge in [-0.2, -0.15) is 11.3 Å². The lowest BCUT2D eigenvalue weighted by Crippen LogP contribution is -2.28. The third kappa shape index (κ3) is 3.67. The van der Waals surface area contributed by atoms with Gasteiger partial charge in [-0.3, -0.25) is 4.79 Å². The number of amides is 1. The van der Waals surface area contributed by atoms with E-state index in [2.05, 4.69) is 5.32 Å². The van der Waals surface area contributed by atoms with Crippen molar-refractivity contribution < 1.29 is 14.3 Å². The molecule has 3 aromatic rings. The molecule has 0 saturated heterocycles. The fourth-order valence-electron chi connectivity index (χ4n) is 2.12. The van der Waals surface area contributed by atoms with Crippen molar-refractivity contribution >= 4 is 28.6 Å². The average Bonchev–Trinajstić information content (AvgIpc) is 3.23. The zero-order chi connectivity index (χ0) is 16.2. The minimum atomic E-state index is -0.817. The molecule has 0 spiro atoms. The lowest BCUT2D eigenvalue weighted by atomic mass is 10.2. The van der Waals surface area contributed by atoms with E-state index in [0.717, 1.165) is 15.3 Å². The van der Waals surface area contributed by atoms with Gasteiger partial charge in [-0.05, 0) is 41.1 Å². The first-order valence-electron chi connectivity index (χ1n) is 6.98. The van der Waals surface area contributed by atoms with Crippen LogP contribution in [0.4, 0.5) is 4.39 Å². The predicted octanol–water partition coefficient (Wildman–Crippen LogP) is 4.08. The van der Waals surface area contributed by atoms with Crippen LogP contribution in [0.15, 0.2) is 53.2 Å². The van der Waals surface area contributed by atoms with Gasteiger partial charge in [0.2, 0.25) is 0 Å². The molecule has 0 bridgehead atoms. The van der Waals surface area contributed by atoms with Crippen LogP contribution >= 0.6 is 22.7 Å². The lowest BCUT2D eigenvalue weighted by molar-refractivity contribution is 0.0914. The van der Waals surface area contributed by atoms with Gasteiger partial charge in [-0.25, -0.2) is 4.39 Å². The molecule has 0 aliphatic rings. The average molecular weight is 347 g/mol. The van der Waals surface area contributed by atoms with Crippen molar-refractivity contribution in [2.75, 3.05) is 6.54 Å². The normalized spacial score (nSPS) is 12.1. The first-order valence-corrected chi connectivity index (χ1v) is 8.74. The minimum absolute atomic E-state index is 0.0233. The minimum Gasteiger partial charge on any atom is -0.386 e. The van der Waals surface area contributed by atoms with Gasteiger partial charge in [0.15, 0.2) is 0 Å². The molecule has 1 aromatic carbocycles. The fourth-order valence-corrected chi connectivity index (χ4v) is 3.84. The topological polar surface area (TPSA) is 49.3 Å². The van der Waals surface area contributed by atoms with Gasteiger partial charge in [0.1, 0.15) is 11.9 Å². The number of rotatable bonds is 5. The second kappa shape index (κ2) is 7.04. The third-order valence-electron chi connectivity index (χ3n) is 3.34. The van der Waals surface area contributed by atoms with E-state index in [1.54, 1.807) is 17.4 Å². The highest BCUT2D eigenvalue weighted by Crippen LogP contribution is 2.32. The van der Waals surface area contributed by atoms with Crippen molar-refractivity contribution in [2.24, 2.45) is 0 Å². The van der Waals surface area contributed by atoms with Crippen molar-refractivity contribution in [3.63, 3.8) is 0 Å². The van der Waals surface area contributed by atoms with Crippen molar-refractivity contribution in [1.29, 1.82) is 0 Å². The summed E-state index contributed by atoms with van der Waals surface area (Å²) in [7, 11) is 0. The van der Waals surface area contributed by atoms with Crippen molar-refractivity contribution in [2.45, 2.75) is 6.10 Å². The Labute approximate surface area is 141 Å². The third-order valence-corrected chi connectivity index (χ3v) is 5.25. The number of hydrogen-bond acceptors (Lipinski definition) is 4. The maximum atomic E-state index is 13.5. The van der Waals surface area contributed by atoms with Gasteiger partial charge < -0.3 is 10.4 Å². The van der Waals surface area contributed by atoms with E-state index in [0.29, 0.717) is 0 Å². The molecule has 1 atom stereocenters. The van der Waals surface area contributed by atoms with Gasteiger partial charge in [-0.15, -0.1) is 11.3 Å². The molecular weight excluding hydrogens is 333 g/mol. The number of hydrogen-bond donors (Lipinski definition) is 2. The summed E-state index contributed by atoms with van der Waals surface area (Å²) in [6, 6.07) is 11.6. The zero-order valence-corrected chi connectivity index (χ0v) is 13.7. The smallest absolute Gasteiger partial charge is 0.254 e. The molecule has 118 valence electrons. The summed E-state index contributed by atoms with van der Waals surface area (Å²) in [4.78, 5) is 13.8. The summed E-state index contributed by atoms with van der Waals surface area (Å²) >= 11 is 3.10. The molecule has 2 aromatic heterocycles. The van der Waals surface area contributed by atoms with Gasteiger partial charge in [0.05, 0.1) is 5.56 Å². The second-order valence-corrected chi connectivity index (χ2v) is 6.82. The summed E-state index contributed by atoms with van der Waals surface area (Å²) in [5, 5.41) is 16.8. The highest BCUT2D eigenvalue weighted by molar-refractivity contribution is 7.16. The van der Waals surface area contributed by atoms with E-state index in [1.165, 1.54) is 29.5 Å². The molecule has 23 heavy (non-hydrogen) atoms. The Morgan fingerprint density at radius 3 is 2.78 bits per heavy atom. The van der Waals surface area contributed by atoms with E-state index in [-0.39, 0.29) is 12.1 Å². The van der Waals surface area contributed by atoms with Crippen LogP contribution in [0.2, 0.25) is 0 Å². The van der Waals surface area contributed by atoms with Crippen molar-refractivity contribution in [3.8, 4) is 10.4 Å². The SMILES string of the molecule is O=C(NC[C@@H](O)c1ccc(-c2ccsc2)s1)c1ccccc1F. The monoisotopic (exact) mass is 347 g/mol. The summed E-state index contributed by atoms with van der Waals surface area (Å²) in [5.74, 6) is -1.10. The molecule has 3 nitrogen and oxygen atoms in total. The molecule has 0 aliphatic heterocycles. The summed E-state index contributed by atoms with van der Waals surface area (Å²) in [5.41, 5.74) is 1.10. The van der Waals surface area contributed by atoms with E-state index >= 15 is 0 Å². The molecule has 0 fully saturated rings. The number of carbonyl (C=O) groups excluding carboxylic acids is 1. The number of carbonyl (C=O) groups is 1. The van der Waals surface area contributed by atoms with Crippen LogP contribution in [0.25, 0.3) is 10.4 Å². The molecule has 3 rings (SSSR count). The van der Waals surface area contributed by atoms with Crippen LogP contribution in [0.3, 0.4) is 0 Å². The Hall–Kier alpha value is -2.02. The highest BCUT2D eigenvalue weighted by atomic mass is 32.1. The molecule has 6 heteroatoms. The maximum Gasteiger partial charge on any atom is 0.254 e. The molecule has 2 heterocycles. The fraction of sp³-hybridized carbons (Fsp3) is 0.118. The second-order valence-electron chi connectivity index (χ2n) is 4.92. The summed E-state index contributed by atoms with van der Waals surface area (Å²) in [6.45, 7) is 0.0385. The Balaban J connectivity index is 1.62. The molecule has 0 saturated carbocycles. The van der Waals surface area contributed by atoms with E-state index in [9.17, 15) is 14.3 Å². The predicted molar refractivity (Wildman–Crippen MR) is 91.3 cm³/mol. The van der Waals surface area contributed by atoms with Gasteiger partial charge >= 0.3 is 0 Å². The van der Waals surface area contributed by atoms with E-state index in [1.807, 2.05) is 29.0 Å². The molecule has 0 aliphatic carbocycles. The number of benzene rings is 1. The first kappa shape index (κ1) is 15.9. The molecule has 1 amide bonds. The van der Waals surface area contributed by atoms with Gasteiger partial charge in [-0.1, -0.05) is 12.1 Å². The van der Waals surface area contributed by atoms with Crippen LogP contribution in [-0.4, -0.2) is 17.6 Å². The molecule has 2 N–H and O–H groups in total. The van der Waals surface area contributed by atoms with Gasteiger partial charge in [0, 0.05) is 21.9 Å². The maximum absolute atomic E-state index is 13.5. The highest BCUT2D eigenvalue weighted by Gasteiger charge is 2.15. The number of aliphatic hydroxyl groups is 1. The first-order chi connectivity index (χ1) is 11.1. The van der Waals surface area contributed by atoms with Crippen molar-refractivity contribution in [1.82, 2.24) is 5.32 Å². The molecular formula is C17H14FNO2S2. The Morgan fingerprint density at radius 2 is 2.04 bits per heavy atom. The summed E-state index contributed by atoms with van der Waals surface area (Å²) in [6.07, 6.45) is -0.817. The van der Waals surface area contributed by atoms with Crippen LogP contribution < -0.4 is 5.32 Å². The summed E-state index contributed by atoms with van der Waals surface area (Å²) < 4.78 is 13.5. The Morgan fingerprint density at radius 1 is 1.22 bits per heavy atom.